The maximum absolute atomic E-state index is 14.1. The first-order chi connectivity index (χ1) is 12.0. The lowest BCUT2D eigenvalue weighted by Gasteiger charge is -2.30. The molecule has 1 saturated carbocycles. The Morgan fingerprint density at radius 1 is 1.24 bits per heavy atom. The Kier molecular flexibility index (Phi) is 4.79. The van der Waals surface area contributed by atoms with E-state index in [2.05, 4.69) is 0 Å². The Balaban J connectivity index is 1.77. The molecule has 1 aliphatic rings. The summed E-state index contributed by atoms with van der Waals surface area (Å²) in [6.07, 6.45) is 1.99. The number of halogens is 1. The van der Waals surface area contributed by atoms with E-state index >= 15 is 0 Å². The Labute approximate surface area is 145 Å². The minimum Gasteiger partial charge on any atom is -0.333 e. The van der Waals surface area contributed by atoms with Crippen LogP contribution in [0.3, 0.4) is 0 Å². The van der Waals surface area contributed by atoms with E-state index in [4.69, 9.17) is 0 Å². The second-order valence-corrected chi connectivity index (χ2v) is 6.33. The van der Waals surface area contributed by atoms with E-state index in [9.17, 15) is 19.3 Å². The van der Waals surface area contributed by atoms with Crippen LogP contribution in [0.5, 0.6) is 0 Å². The van der Waals surface area contributed by atoms with Crippen molar-refractivity contribution in [3.8, 4) is 0 Å². The first-order valence-electron chi connectivity index (χ1n) is 8.26. The van der Waals surface area contributed by atoms with Gasteiger partial charge in [-0.15, -0.1) is 0 Å². The van der Waals surface area contributed by atoms with E-state index in [1.54, 1.807) is 35.2 Å². The third-order valence-corrected chi connectivity index (χ3v) is 4.50. The SMILES string of the molecule is C[C@@H](c1ccccc1F)N(C(=O)Cc1ccc([N+](=O)[O-])cc1)C1CC1. The van der Waals surface area contributed by atoms with Gasteiger partial charge >= 0.3 is 0 Å². The van der Waals surface area contributed by atoms with Gasteiger partial charge in [0.05, 0.1) is 17.4 Å². The number of hydrogen-bond donors (Lipinski definition) is 0. The lowest BCUT2D eigenvalue weighted by molar-refractivity contribution is -0.384. The second kappa shape index (κ2) is 7.01. The van der Waals surface area contributed by atoms with E-state index in [0.29, 0.717) is 11.1 Å². The van der Waals surface area contributed by atoms with Crippen LogP contribution in [0.2, 0.25) is 0 Å². The van der Waals surface area contributed by atoms with E-state index in [-0.39, 0.29) is 35.9 Å². The highest BCUT2D eigenvalue weighted by atomic mass is 19.1. The van der Waals surface area contributed by atoms with Crippen molar-refractivity contribution in [1.29, 1.82) is 0 Å². The molecule has 6 heteroatoms. The minimum atomic E-state index is -0.470. The highest BCUT2D eigenvalue weighted by molar-refractivity contribution is 5.80. The van der Waals surface area contributed by atoms with Crippen molar-refractivity contribution in [2.75, 3.05) is 0 Å². The first-order valence-corrected chi connectivity index (χ1v) is 8.26. The number of non-ortho nitro benzene ring substituents is 1. The molecular formula is C19H19FN2O3. The number of hydrogen-bond acceptors (Lipinski definition) is 3. The van der Waals surface area contributed by atoms with Gasteiger partial charge in [0.25, 0.3) is 5.69 Å². The number of nitrogens with zero attached hydrogens (tertiary/aromatic N) is 2. The fraction of sp³-hybridized carbons (Fsp3) is 0.316. The van der Waals surface area contributed by atoms with Crippen LogP contribution in [-0.2, 0) is 11.2 Å². The molecular weight excluding hydrogens is 323 g/mol. The Morgan fingerprint density at radius 2 is 1.88 bits per heavy atom. The van der Waals surface area contributed by atoms with Gasteiger partial charge in [-0.25, -0.2) is 4.39 Å². The molecule has 0 bridgehead atoms. The summed E-state index contributed by atoms with van der Waals surface area (Å²) in [7, 11) is 0. The van der Waals surface area contributed by atoms with E-state index in [1.165, 1.54) is 18.2 Å². The average molecular weight is 342 g/mol. The molecule has 0 heterocycles. The van der Waals surface area contributed by atoms with Crippen molar-refractivity contribution in [3.63, 3.8) is 0 Å². The van der Waals surface area contributed by atoms with Crippen molar-refractivity contribution < 1.29 is 14.1 Å². The van der Waals surface area contributed by atoms with Gasteiger partial charge in [0, 0.05) is 23.7 Å². The smallest absolute Gasteiger partial charge is 0.269 e. The standard InChI is InChI=1S/C19H19FN2O3/c1-13(17-4-2-3-5-18(17)20)21(15-10-11-15)19(23)12-14-6-8-16(9-7-14)22(24)25/h2-9,13,15H,10-12H2,1H3/t13-/m0/s1. The summed E-state index contributed by atoms with van der Waals surface area (Å²) in [6.45, 7) is 1.84. The van der Waals surface area contributed by atoms with Gasteiger partial charge in [0.1, 0.15) is 5.82 Å². The average Bonchev–Trinajstić information content (AvgIpc) is 3.40. The predicted molar refractivity (Wildman–Crippen MR) is 91.5 cm³/mol. The van der Waals surface area contributed by atoms with Crippen molar-refractivity contribution in [3.05, 3.63) is 75.6 Å². The Bertz CT molecular complexity index is 788. The van der Waals surface area contributed by atoms with Crippen LogP contribution >= 0.6 is 0 Å². The molecule has 2 aromatic carbocycles. The lowest BCUT2D eigenvalue weighted by Crippen LogP contribution is -2.37. The Morgan fingerprint density at radius 3 is 2.44 bits per heavy atom. The molecule has 0 N–H and O–H groups in total. The zero-order valence-electron chi connectivity index (χ0n) is 13.9. The molecule has 1 amide bonds. The number of amides is 1. The molecule has 0 unspecified atom stereocenters. The van der Waals surface area contributed by atoms with Crippen LogP contribution in [-0.4, -0.2) is 21.8 Å². The van der Waals surface area contributed by atoms with Gasteiger partial charge in [0.2, 0.25) is 5.91 Å². The fourth-order valence-corrected chi connectivity index (χ4v) is 3.05. The number of nitro groups is 1. The van der Waals surface area contributed by atoms with Crippen molar-refractivity contribution in [2.24, 2.45) is 0 Å². The van der Waals surface area contributed by atoms with Crippen LogP contribution in [0.1, 0.15) is 36.9 Å². The normalized spacial score (nSPS) is 14.8. The fourth-order valence-electron chi connectivity index (χ4n) is 3.05. The van der Waals surface area contributed by atoms with Crippen molar-refractivity contribution in [2.45, 2.75) is 38.3 Å². The van der Waals surface area contributed by atoms with Gasteiger partial charge in [-0.1, -0.05) is 30.3 Å². The molecule has 25 heavy (non-hydrogen) atoms. The summed E-state index contributed by atoms with van der Waals surface area (Å²) in [6, 6.07) is 12.3. The monoisotopic (exact) mass is 342 g/mol. The molecule has 130 valence electrons. The largest absolute Gasteiger partial charge is 0.333 e. The maximum atomic E-state index is 14.1. The second-order valence-electron chi connectivity index (χ2n) is 6.33. The molecule has 3 rings (SSSR count). The topological polar surface area (TPSA) is 63.5 Å². The van der Waals surface area contributed by atoms with E-state index in [1.807, 2.05) is 6.92 Å². The van der Waals surface area contributed by atoms with Crippen molar-refractivity contribution >= 4 is 11.6 Å². The summed E-state index contributed by atoms with van der Waals surface area (Å²) >= 11 is 0. The number of nitro benzene ring substituents is 1. The van der Waals surface area contributed by atoms with Gasteiger partial charge in [-0.2, -0.15) is 0 Å². The van der Waals surface area contributed by atoms with E-state index in [0.717, 1.165) is 12.8 Å². The van der Waals surface area contributed by atoms with Gasteiger partial charge < -0.3 is 4.90 Å². The summed E-state index contributed by atoms with van der Waals surface area (Å²) in [4.78, 5) is 24.8. The van der Waals surface area contributed by atoms with Crippen LogP contribution in [0.25, 0.3) is 0 Å². The number of benzene rings is 2. The van der Waals surface area contributed by atoms with Crippen LogP contribution in [0.4, 0.5) is 10.1 Å². The molecule has 0 aliphatic heterocycles. The highest BCUT2D eigenvalue weighted by Gasteiger charge is 2.36. The van der Waals surface area contributed by atoms with Crippen molar-refractivity contribution in [1.82, 2.24) is 4.90 Å². The highest BCUT2D eigenvalue weighted by Crippen LogP contribution is 2.35. The molecule has 0 radical (unpaired) electrons. The summed E-state index contributed by atoms with van der Waals surface area (Å²) in [5.41, 5.74) is 1.21. The zero-order chi connectivity index (χ0) is 18.0. The molecule has 0 saturated heterocycles. The lowest BCUT2D eigenvalue weighted by atomic mass is 10.0. The maximum Gasteiger partial charge on any atom is 0.269 e. The molecule has 5 nitrogen and oxygen atoms in total. The van der Waals surface area contributed by atoms with Crippen LogP contribution in [0, 0.1) is 15.9 Å². The minimum absolute atomic E-state index is 0.00465. The summed E-state index contributed by atoms with van der Waals surface area (Å²) in [5.74, 6) is -0.407. The van der Waals surface area contributed by atoms with E-state index < -0.39 is 4.92 Å². The molecule has 1 fully saturated rings. The summed E-state index contributed by atoms with van der Waals surface area (Å²) < 4.78 is 14.1. The Hall–Kier alpha value is -2.76. The third kappa shape index (κ3) is 3.84. The van der Waals surface area contributed by atoms with Crippen LogP contribution < -0.4 is 0 Å². The third-order valence-electron chi connectivity index (χ3n) is 4.50. The molecule has 0 spiro atoms. The quantitative estimate of drug-likeness (QED) is 0.588. The predicted octanol–water partition coefficient (Wildman–Crippen LogP) is 4.03. The number of rotatable bonds is 6. The van der Waals surface area contributed by atoms with Gasteiger partial charge in [-0.05, 0) is 31.4 Å². The van der Waals surface area contributed by atoms with Crippen LogP contribution in [0.15, 0.2) is 48.5 Å². The number of carbonyl (C=O) groups excluding carboxylic acids is 1. The molecule has 1 atom stereocenters. The zero-order valence-corrected chi connectivity index (χ0v) is 13.9. The molecule has 1 aliphatic carbocycles. The van der Waals surface area contributed by atoms with Gasteiger partial charge in [0.15, 0.2) is 0 Å². The number of carbonyl (C=O) groups is 1. The molecule has 0 aromatic heterocycles. The summed E-state index contributed by atoms with van der Waals surface area (Å²) in [5, 5.41) is 10.7. The molecule has 2 aromatic rings. The van der Waals surface area contributed by atoms with Gasteiger partial charge in [-0.3, -0.25) is 14.9 Å². The first kappa shape index (κ1) is 17.1.